The summed E-state index contributed by atoms with van der Waals surface area (Å²) in [5.41, 5.74) is 4.21. The quantitative estimate of drug-likeness (QED) is 0.796. The molecular weight excluding hydrogens is 220 g/mol. The second-order valence-corrected chi connectivity index (χ2v) is 5.46. The van der Waals surface area contributed by atoms with E-state index in [0.717, 1.165) is 19.5 Å². The molecule has 0 amide bonds. The second-order valence-electron chi connectivity index (χ2n) is 5.46. The van der Waals surface area contributed by atoms with E-state index >= 15 is 0 Å². The molecule has 0 spiro atoms. The summed E-state index contributed by atoms with van der Waals surface area (Å²) in [6.45, 7) is 8.82. The van der Waals surface area contributed by atoms with Gasteiger partial charge in [-0.05, 0) is 65.0 Å². The van der Waals surface area contributed by atoms with Crippen LogP contribution in [0.2, 0.25) is 0 Å². The Morgan fingerprint density at radius 3 is 2.56 bits per heavy atom. The molecule has 1 unspecified atom stereocenters. The number of rotatable bonds is 7. The van der Waals surface area contributed by atoms with E-state index in [0.29, 0.717) is 6.04 Å². The van der Waals surface area contributed by atoms with Crippen LogP contribution in [0.3, 0.4) is 0 Å². The topological polar surface area (TPSA) is 15.3 Å². The number of aryl methyl sites for hydroxylation is 2. The molecule has 0 saturated heterocycles. The Labute approximate surface area is 112 Å². The van der Waals surface area contributed by atoms with Crippen molar-refractivity contribution in [2.45, 2.75) is 39.7 Å². The fourth-order valence-corrected chi connectivity index (χ4v) is 2.21. The molecule has 2 nitrogen and oxygen atoms in total. The smallest absolute Gasteiger partial charge is 0.0335 e. The third-order valence-corrected chi connectivity index (χ3v) is 3.32. The standard InChI is InChI=1S/C16H28N2/c1-6-10-17-16(9-11-18(4)5)15-12-13(2)7-8-14(15)3/h7-8,12,16-17H,6,9-11H2,1-5H3. The summed E-state index contributed by atoms with van der Waals surface area (Å²) in [6.07, 6.45) is 2.35. The molecule has 102 valence electrons. The molecule has 0 saturated carbocycles. The molecule has 1 atom stereocenters. The SMILES string of the molecule is CCCNC(CCN(C)C)c1cc(C)ccc1C. The van der Waals surface area contributed by atoms with Crippen molar-refractivity contribution in [3.63, 3.8) is 0 Å². The highest BCUT2D eigenvalue weighted by Crippen LogP contribution is 2.22. The van der Waals surface area contributed by atoms with Gasteiger partial charge in [-0.25, -0.2) is 0 Å². The van der Waals surface area contributed by atoms with E-state index in [-0.39, 0.29) is 0 Å². The average Bonchev–Trinajstić information content (AvgIpc) is 2.32. The summed E-state index contributed by atoms with van der Waals surface area (Å²) >= 11 is 0. The number of hydrogen-bond donors (Lipinski definition) is 1. The lowest BCUT2D eigenvalue weighted by Crippen LogP contribution is -2.27. The van der Waals surface area contributed by atoms with Gasteiger partial charge in [-0.15, -0.1) is 0 Å². The third-order valence-electron chi connectivity index (χ3n) is 3.32. The van der Waals surface area contributed by atoms with Gasteiger partial charge in [0, 0.05) is 6.04 Å². The predicted molar refractivity (Wildman–Crippen MR) is 80.1 cm³/mol. The normalized spacial score (nSPS) is 13.0. The van der Waals surface area contributed by atoms with Crippen molar-refractivity contribution in [2.75, 3.05) is 27.2 Å². The van der Waals surface area contributed by atoms with Crippen LogP contribution in [0, 0.1) is 13.8 Å². The van der Waals surface area contributed by atoms with E-state index < -0.39 is 0 Å². The number of benzene rings is 1. The fourth-order valence-electron chi connectivity index (χ4n) is 2.21. The van der Waals surface area contributed by atoms with Gasteiger partial charge in [0.15, 0.2) is 0 Å². The Morgan fingerprint density at radius 2 is 1.94 bits per heavy atom. The maximum atomic E-state index is 3.68. The van der Waals surface area contributed by atoms with E-state index in [4.69, 9.17) is 0 Å². The molecule has 0 aliphatic rings. The van der Waals surface area contributed by atoms with Crippen molar-refractivity contribution in [3.05, 3.63) is 34.9 Å². The molecule has 0 aliphatic carbocycles. The molecular formula is C16H28N2. The summed E-state index contributed by atoms with van der Waals surface area (Å²) in [5, 5.41) is 3.68. The van der Waals surface area contributed by atoms with Gasteiger partial charge in [0.1, 0.15) is 0 Å². The molecule has 0 aromatic heterocycles. The van der Waals surface area contributed by atoms with Gasteiger partial charge in [-0.2, -0.15) is 0 Å². The Morgan fingerprint density at radius 1 is 1.22 bits per heavy atom. The number of nitrogens with one attached hydrogen (secondary N) is 1. The minimum Gasteiger partial charge on any atom is -0.310 e. The molecule has 1 N–H and O–H groups in total. The van der Waals surface area contributed by atoms with Gasteiger partial charge in [-0.1, -0.05) is 30.7 Å². The van der Waals surface area contributed by atoms with Crippen molar-refractivity contribution in [1.29, 1.82) is 0 Å². The van der Waals surface area contributed by atoms with Gasteiger partial charge in [-0.3, -0.25) is 0 Å². The molecule has 1 aromatic rings. The molecule has 0 radical (unpaired) electrons. The molecule has 0 aliphatic heterocycles. The van der Waals surface area contributed by atoms with Crippen LogP contribution in [0.25, 0.3) is 0 Å². The van der Waals surface area contributed by atoms with Crippen molar-refractivity contribution in [2.24, 2.45) is 0 Å². The molecule has 1 aromatic carbocycles. The van der Waals surface area contributed by atoms with Gasteiger partial charge in [0.25, 0.3) is 0 Å². The Balaban J connectivity index is 2.82. The van der Waals surface area contributed by atoms with Crippen molar-refractivity contribution in [1.82, 2.24) is 10.2 Å². The summed E-state index contributed by atoms with van der Waals surface area (Å²) in [7, 11) is 4.28. The summed E-state index contributed by atoms with van der Waals surface area (Å²) in [6, 6.07) is 7.24. The minimum atomic E-state index is 0.479. The Kier molecular flexibility index (Phi) is 6.37. The van der Waals surface area contributed by atoms with E-state index in [2.05, 4.69) is 63.3 Å². The first kappa shape index (κ1) is 15.2. The van der Waals surface area contributed by atoms with Crippen LogP contribution >= 0.6 is 0 Å². The molecule has 0 heterocycles. The first-order chi connectivity index (χ1) is 8.54. The first-order valence-electron chi connectivity index (χ1n) is 6.99. The highest BCUT2D eigenvalue weighted by Gasteiger charge is 2.13. The minimum absolute atomic E-state index is 0.479. The summed E-state index contributed by atoms with van der Waals surface area (Å²) in [5.74, 6) is 0. The van der Waals surface area contributed by atoms with Crippen LogP contribution in [-0.2, 0) is 0 Å². The van der Waals surface area contributed by atoms with Gasteiger partial charge >= 0.3 is 0 Å². The first-order valence-corrected chi connectivity index (χ1v) is 6.99. The Bertz CT molecular complexity index is 358. The van der Waals surface area contributed by atoms with Crippen LogP contribution in [0.1, 0.15) is 42.5 Å². The predicted octanol–water partition coefficient (Wildman–Crippen LogP) is 3.30. The number of nitrogens with zero attached hydrogens (tertiary/aromatic N) is 1. The molecule has 1 rings (SSSR count). The van der Waals surface area contributed by atoms with E-state index in [1.807, 2.05) is 0 Å². The summed E-state index contributed by atoms with van der Waals surface area (Å²) in [4.78, 5) is 2.26. The van der Waals surface area contributed by atoms with E-state index in [9.17, 15) is 0 Å². The van der Waals surface area contributed by atoms with Crippen LogP contribution < -0.4 is 5.32 Å². The maximum Gasteiger partial charge on any atom is 0.0335 e. The lowest BCUT2D eigenvalue weighted by atomic mass is 9.96. The van der Waals surface area contributed by atoms with Crippen molar-refractivity contribution in [3.8, 4) is 0 Å². The van der Waals surface area contributed by atoms with E-state index in [1.165, 1.54) is 23.1 Å². The van der Waals surface area contributed by atoms with Crippen molar-refractivity contribution >= 4 is 0 Å². The van der Waals surface area contributed by atoms with Crippen LogP contribution in [0.4, 0.5) is 0 Å². The highest BCUT2D eigenvalue weighted by atomic mass is 15.1. The zero-order valence-electron chi connectivity index (χ0n) is 12.6. The maximum absolute atomic E-state index is 3.68. The zero-order chi connectivity index (χ0) is 13.5. The van der Waals surface area contributed by atoms with Crippen LogP contribution in [-0.4, -0.2) is 32.1 Å². The average molecular weight is 248 g/mol. The van der Waals surface area contributed by atoms with Crippen LogP contribution in [0.15, 0.2) is 18.2 Å². The Hall–Kier alpha value is -0.860. The molecule has 2 heteroatoms. The highest BCUT2D eigenvalue weighted by molar-refractivity contribution is 5.33. The fraction of sp³-hybridized carbons (Fsp3) is 0.625. The molecule has 0 fully saturated rings. The van der Waals surface area contributed by atoms with Crippen molar-refractivity contribution < 1.29 is 0 Å². The number of hydrogen-bond acceptors (Lipinski definition) is 2. The summed E-state index contributed by atoms with van der Waals surface area (Å²) < 4.78 is 0. The molecule has 18 heavy (non-hydrogen) atoms. The van der Waals surface area contributed by atoms with Gasteiger partial charge in [0.2, 0.25) is 0 Å². The zero-order valence-corrected chi connectivity index (χ0v) is 12.6. The lowest BCUT2D eigenvalue weighted by molar-refractivity contribution is 0.360. The van der Waals surface area contributed by atoms with Gasteiger partial charge in [0.05, 0.1) is 0 Å². The second kappa shape index (κ2) is 7.55. The largest absolute Gasteiger partial charge is 0.310 e. The lowest BCUT2D eigenvalue weighted by Gasteiger charge is -2.23. The monoisotopic (exact) mass is 248 g/mol. The molecule has 0 bridgehead atoms. The third kappa shape index (κ3) is 4.79. The van der Waals surface area contributed by atoms with Crippen LogP contribution in [0.5, 0.6) is 0 Å². The van der Waals surface area contributed by atoms with E-state index in [1.54, 1.807) is 0 Å². The van der Waals surface area contributed by atoms with Gasteiger partial charge < -0.3 is 10.2 Å².